The van der Waals surface area contributed by atoms with Crippen LogP contribution in [-0.4, -0.2) is 17.2 Å². The Bertz CT molecular complexity index is 556. The first-order valence-electron chi connectivity index (χ1n) is 5.26. The van der Waals surface area contributed by atoms with Crippen LogP contribution < -0.4 is 5.32 Å². The van der Waals surface area contributed by atoms with Crippen molar-refractivity contribution >= 4 is 11.3 Å². The summed E-state index contributed by atoms with van der Waals surface area (Å²) in [4.78, 5) is 0. The van der Waals surface area contributed by atoms with E-state index < -0.39 is 0 Å². The Kier molecular flexibility index (Phi) is 3.47. The fraction of sp³-hybridized carbons (Fsp3) is 0.250. The standard InChI is InChI=1S/C12H12N4S/c1-8(14-2)11-15-16-12(17-11)10-5-3-4-9(6-10)7-13/h3-6,8,14H,1-2H3. The zero-order valence-corrected chi connectivity index (χ0v) is 10.5. The van der Waals surface area contributed by atoms with E-state index in [1.165, 1.54) is 0 Å². The van der Waals surface area contributed by atoms with Crippen molar-refractivity contribution in [1.29, 1.82) is 5.26 Å². The molecule has 0 radical (unpaired) electrons. The van der Waals surface area contributed by atoms with Gasteiger partial charge in [-0.15, -0.1) is 10.2 Å². The highest BCUT2D eigenvalue weighted by Crippen LogP contribution is 2.26. The quantitative estimate of drug-likeness (QED) is 0.900. The smallest absolute Gasteiger partial charge is 0.147 e. The number of benzene rings is 1. The van der Waals surface area contributed by atoms with Crippen molar-refractivity contribution in [2.45, 2.75) is 13.0 Å². The summed E-state index contributed by atoms with van der Waals surface area (Å²) in [5.74, 6) is 0. The van der Waals surface area contributed by atoms with Gasteiger partial charge in [0, 0.05) is 5.56 Å². The summed E-state index contributed by atoms with van der Waals surface area (Å²) in [6.45, 7) is 2.04. The minimum absolute atomic E-state index is 0.195. The van der Waals surface area contributed by atoms with E-state index in [-0.39, 0.29) is 6.04 Å². The van der Waals surface area contributed by atoms with Gasteiger partial charge in [-0.1, -0.05) is 23.5 Å². The molecule has 5 heteroatoms. The van der Waals surface area contributed by atoms with E-state index in [1.807, 2.05) is 32.2 Å². The highest BCUT2D eigenvalue weighted by molar-refractivity contribution is 7.14. The van der Waals surface area contributed by atoms with Crippen LogP contribution in [0, 0.1) is 11.3 Å². The Labute approximate surface area is 104 Å². The van der Waals surface area contributed by atoms with Gasteiger partial charge in [0.05, 0.1) is 17.7 Å². The van der Waals surface area contributed by atoms with Crippen molar-refractivity contribution in [1.82, 2.24) is 15.5 Å². The van der Waals surface area contributed by atoms with E-state index in [0.29, 0.717) is 5.56 Å². The summed E-state index contributed by atoms with van der Waals surface area (Å²) in [6.07, 6.45) is 0. The molecule has 1 aromatic carbocycles. The maximum atomic E-state index is 8.85. The third-order valence-corrected chi connectivity index (χ3v) is 3.64. The lowest BCUT2D eigenvalue weighted by Gasteiger charge is -2.02. The van der Waals surface area contributed by atoms with Crippen LogP contribution in [0.2, 0.25) is 0 Å². The number of hydrogen-bond donors (Lipinski definition) is 1. The van der Waals surface area contributed by atoms with Crippen molar-refractivity contribution in [3.05, 3.63) is 34.8 Å². The number of nitrogens with one attached hydrogen (secondary N) is 1. The number of rotatable bonds is 3. The second-order valence-corrected chi connectivity index (χ2v) is 4.66. The van der Waals surface area contributed by atoms with E-state index in [4.69, 9.17) is 5.26 Å². The normalized spacial score (nSPS) is 12.1. The zero-order chi connectivity index (χ0) is 12.3. The molecular weight excluding hydrogens is 232 g/mol. The molecule has 1 aromatic heterocycles. The number of nitriles is 1. The third kappa shape index (κ3) is 2.49. The Morgan fingerprint density at radius 2 is 2.24 bits per heavy atom. The van der Waals surface area contributed by atoms with Gasteiger partial charge >= 0.3 is 0 Å². The number of hydrogen-bond acceptors (Lipinski definition) is 5. The molecule has 0 aliphatic carbocycles. The summed E-state index contributed by atoms with van der Waals surface area (Å²) in [5, 5.41) is 22.1. The molecule has 0 aliphatic rings. The Hall–Kier alpha value is -1.77. The third-order valence-electron chi connectivity index (χ3n) is 2.48. The molecule has 0 spiro atoms. The second-order valence-electron chi connectivity index (χ2n) is 3.65. The first kappa shape index (κ1) is 11.7. The fourth-order valence-electron chi connectivity index (χ4n) is 1.37. The first-order valence-corrected chi connectivity index (χ1v) is 6.07. The van der Waals surface area contributed by atoms with Crippen LogP contribution in [0.3, 0.4) is 0 Å². The number of nitrogens with zero attached hydrogens (tertiary/aromatic N) is 3. The predicted molar refractivity (Wildman–Crippen MR) is 67.5 cm³/mol. The summed E-state index contributed by atoms with van der Waals surface area (Å²) in [7, 11) is 1.89. The second kappa shape index (κ2) is 5.04. The van der Waals surface area contributed by atoms with Gasteiger partial charge in [0.1, 0.15) is 10.0 Å². The summed E-state index contributed by atoms with van der Waals surface area (Å²) in [6, 6.07) is 9.72. The predicted octanol–water partition coefficient (Wildman–Crippen LogP) is 2.36. The minimum Gasteiger partial charge on any atom is -0.311 e. The van der Waals surface area contributed by atoms with Crippen LogP contribution in [0.1, 0.15) is 23.5 Å². The van der Waals surface area contributed by atoms with E-state index in [2.05, 4.69) is 21.6 Å². The lowest BCUT2D eigenvalue weighted by molar-refractivity contribution is 0.640. The van der Waals surface area contributed by atoms with Crippen LogP contribution >= 0.6 is 11.3 Å². The van der Waals surface area contributed by atoms with Crippen molar-refractivity contribution in [2.75, 3.05) is 7.05 Å². The first-order chi connectivity index (χ1) is 8.24. The van der Waals surface area contributed by atoms with Crippen molar-refractivity contribution in [3.8, 4) is 16.6 Å². The number of aromatic nitrogens is 2. The maximum Gasteiger partial charge on any atom is 0.147 e. The highest BCUT2D eigenvalue weighted by atomic mass is 32.1. The van der Waals surface area contributed by atoms with E-state index in [1.54, 1.807) is 17.4 Å². The largest absolute Gasteiger partial charge is 0.311 e. The summed E-state index contributed by atoms with van der Waals surface area (Å²) >= 11 is 1.54. The molecule has 1 atom stereocenters. The summed E-state index contributed by atoms with van der Waals surface area (Å²) < 4.78 is 0. The molecule has 17 heavy (non-hydrogen) atoms. The fourth-order valence-corrected chi connectivity index (χ4v) is 2.27. The average Bonchev–Trinajstić information content (AvgIpc) is 2.87. The maximum absolute atomic E-state index is 8.85. The highest BCUT2D eigenvalue weighted by Gasteiger charge is 2.11. The van der Waals surface area contributed by atoms with Crippen LogP contribution in [0.4, 0.5) is 0 Å². The van der Waals surface area contributed by atoms with Crippen LogP contribution in [0.5, 0.6) is 0 Å². The van der Waals surface area contributed by atoms with E-state index in [0.717, 1.165) is 15.6 Å². The molecule has 0 aliphatic heterocycles. The van der Waals surface area contributed by atoms with E-state index in [9.17, 15) is 0 Å². The van der Waals surface area contributed by atoms with Gasteiger partial charge in [-0.05, 0) is 26.1 Å². The molecule has 0 amide bonds. The zero-order valence-electron chi connectivity index (χ0n) is 9.64. The molecule has 0 saturated heterocycles. The lowest BCUT2D eigenvalue weighted by atomic mass is 10.1. The van der Waals surface area contributed by atoms with Crippen molar-refractivity contribution in [3.63, 3.8) is 0 Å². The Morgan fingerprint density at radius 3 is 2.94 bits per heavy atom. The molecule has 1 N–H and O–H groups in total. The average molecular weight is 244 g/mol. The molecule has 1 heterocycles. The monoisotopic (exact) mass is 244 g/mol. The minimum atomic E-state index is 0.195. The molecule has 1 unspecified atom stereocenters. The van der Waals surface area contributed by atoms with Gasteiger partial charge in [-0.2, -0.15) is 5.26 Å². The van der Waals surface area contributed by atoms with Gasteiger partial charge in [0.15, 0.2) is 0 Å². The summed E-state index contributed by atoms with van der Waals surface area (Å²) in [5.41, 5.74) is 1.58. The van der Waals surface area contributed by atoms with Gasteiger partial charge in [-0.3, -0.25) is 0 Å². The molecule has 0 saturated carbocycles. The molecule has 0 bridgehead atoms. The van der Waals surface area contributed by atoms with Crippen molar-refractivity contribution in [2.24, 2.45) is 0 Å². The van der Waals surface area contributed by atoms with Crippen LogP contribution in [0.15, 0.2) is 24.3 Å². The van der Waals surface area contributed by atoms with E-state index >= 15 is 0 Å². The van der Waals surface area contributed by atoms with Crippen LogP contribution in [-0.2, 0) is 0 Å². The lowest BCUT2D eigenvalue weighted by Crippen LogP contribution is -2.11. The van der Waals surface area contributed by atoms with Gasteiger partial charge in [-0.25, -0.2) is 0 Å². The molecular formula is C12H12N4S. The topological polar surface area (TPSA) is 61.6 Å². The molecule has 0 fully saturated rings. The van der Waals surface area contributed by atoms with Crippen molar-refractivity contribution < 1.29 is 0 Å². The molecule has 4 nitrogen and oxygen atoms in total. The van der Waals surface area contributed by atoms with Gasteiger partial charge in [0.2, 0.25) is 0 Å². The van der Waals surface area contributed by atoms with Crippen LogP contribution in [0.25, 0.3) is 10.6 Å². The molecule has 86 valence electrons. The molecule has 2 rings (SSSR count). The van der Waals surface area contributed by atoms with Gasteiger partial charge < -0.3 is 5.32 Å². The Balaban J connectivity index is 2.34. The molecule has 2 aromatic rings. The van der Waals surface area contributed by atoms with Gasteiger partial charge in [0.25, 0.3) is 0 Å². The Morgan fingerprint density at radius 1 is 1.41 bits per heavy atom. The SMILES string of the molecule is CNC(C)c1nnc(-c2cccc(C#N)c2)s1.